The van der Waals surface area contributed by atoms with E-state index in [0.29, 0.717) is 30.2 Å². The van der Waals surface area contributed by atoms with E-state index in [1.165, 1.54) is 24.6 Å². The molecule has 1 aliphatic heterocycles. The largest absolute Gasteiger partial charge is 0.493 e. The molecule has 2 N–H and O–H groups in total. The average molecular weight is 365 g/mol. The number of aryl methyl sites for hydroxylation is 1. The van der Waals surface area contributed by atoms with Crippen molar-refractivity contribution in [2.75, 3.05) is 27.3 Å². The highest BCUT2D eigenvalue weighted by atomic mass is 35.5. The zero-order chi connectivity index (χ0) is 16.5. The predicted octanol–water partition coefficient (Wildman–Crippen LogP) is 1.79. The second-order valence-electron chi connectivity index (χ2n) is 5.74. The summed E-state index contributed by atoms with van der Waals surface area (Å²) in [6, 6.07) is 3.21. The van der Waals surface area contributed by atoms with Crippen LogP contribution in [0.3, 0.4) is 0 Å². The highest BCUT2D eigenvalue weighted by Gasteiger charge is 2.35. The van der Waals surface area contributed by atoms with Crippen LogP contribution in [0.15, 0.2) is 17.0 Å². The lowest BCUT2D eigenvalue weighted by Gasteiger charge is -2.20. The smallest absolute Gasteiger partial charge is 0.243 e. The fourth-order valence-corrected chi connectivity index (χ4v) is 4.51. The maximum Gasteiger partial charge on any atom is 0.243 e. The molecule has 1 heterocycles. The Hall–Kier alpha value is -1.02. The van der Waals surface area contributed by atoms with Gasteiger partial charge in [0.2, 0.25) is 10.0 Å². The van der Waals surface area contributed by atoms with E-state index in [1.807, 2.05) is 6.92 Å². The van der Waals surface area contributed by atoms with Gasteiger partial charge in [0.15, 0.2) is 11.5 Å². The van der Waals surface area contributed by atoms with E-state index in [2.05, 4.69) is 0 Å². The minimum absolute atomic E-state index is 0. The summed E-state index contributed by atoms with van der Waals surface area (Å²) in [6.07, 6.45) is 0.795. The highest BCUT2D eigenvalue weighted by Crippen LogP contribution is 2.35. The van der Waals surface area contributed by atoms with Crippen LogP contribution in [0.5, 0.6) is 11.5 Å². The molecule has 2 rings (SSSR count). The number of benzene rings is 1. The van der Waals surface area contributed by atoms with Crippen molar-refractivity contribution >= 4 is 22.4 Å². The van der Waals surface area contributed by atoms with Crippen molar-refractivity contribution in [2.45, 2.75) is 31.2 Å². The van der Waals surface area contributed by atoms with Crippen LogP contribution in [-0.4, -0.2) is 46.1 Å². The Kier molecular flexibility index (Phi) is 6.70. The molecule has 132 valence electrons. The first kappa shape index (κ1) is 20.0. The number of rotatable bonds is 5. The molecule has 1 aromatic carbocycles. The Morgan fingerprint density at radius 3 is 2.30 bits per heavy atom. The molecule has 0 saturated carbocycles. The normalized spacial score (nSPS) is 20.0. The Labute approximate surface area is 144 Å². The molecule has 0 aliphatic carbocycles. The van der Waals surface area contributed by atoms with Gasteiger partial charge in [-0.05, 0) is 37.8 Å². The van der Waals surface area contributed by atoms with Crippen molar-refractivity contribution < 1.29 is 17.9 Å². The van der Waals surface area contributed by atoms with Crippen LogP contribution in [-0.2, 0) is 10.0 Å². The van der Waals surface area contributed by atoms with Gasteiger partial charge < -0.3 is 15.2 Å². The van der Waals surface area contributed by atoms with Crippen LogP contribution in [0, 0.1) is 12.8 Å². The molecular weight excluding hydrogens is 340 g/mol. The van der Waals surface area contributed by atoms with Gasteiger partial charge in [0.25, 0.3) is 0 Å². The van der Waals surface area contributed by atoms with Gasteiger partial charge in [0.05, 0.1) is 19.1 Å². The van der Waals surface area contributed by atoms with Crippen molar-refractivity contribution in [2.24, 2.45) is 11.7 Å². The first-order chi connectivity index (χ1) is 10.3. The summed E-state index contributed by atoms with van der Waals surface area (Å²) >= 11 is 0. The SMILES string of the molecule is COc1cc(C)c(S(=O)(=O)N2CCC(C(C)N)C2)cc1OC.Cl. The van der Waals surface area contributed by atoms with Crippen molar-refractivity contribution in [3.8, 4) is 11.5 Å². The summed E-state index contributed by atoms with van der Waals surface area (Å²) < 4.78 is 37.7. The lowest BCUT2D eigenvalue weighted by atomic mass is 10.0. The molecule has 1 aliphatic rings. The molecule has 0 aromatic heterocycles. The van der Waals surface area contributed by atoms with Crippen LogP contribution in [0.4, 0.5) is 0 Å². The van der Waals surface area contributed by atoms with E-state index < -0.39 is 10.0 Å². The van der Waals surface area contributed by atoms with Crippen LogP contribution in [0.25, 0.3) is 0 Å². The number of hydrogen-bond acceptors (Lipinski definition) is 5. The van der Waals surface area contributed by atoms with E-state index >= 15 is 0 Å². The topological polar surface area (TPSA) is 81.9 Å². The van der Waals surface area contributed by atoms with Crippen molar-refractivity contribution in [1.29, 1.82) is 0 Å². The number of sulfonamides is 1. The third-order valence-corrected chi connectivity index (χ3v) is 6.24. The summed E-state index contributed by atoms with van der Waals surface area (Å²) in [5.74, 6) is 1.14. The number of ether oxygens (including phenoxy) is 2. The number of methoxy groups -OCH3 is 2. The van der Waals surface area contributed by atoms with Gasteiger partial charge in [-0.1, -0.05) is 0 Å². The molecule has 2 unspecified atom stereocenters. The molecule has 23 heavy (non-hydrogen) atoms. The molecule has 0 spiro atoms. The van der Waals surface area contributed by atoms with E-state index in [4.69, 9.17) is 15.2 Å². The van der Waals surface area contributed by atoms with Gasteiger partial charge >= 0.3 is 0 Å². The van der Waals surface area contributed by atoms with Crippen molar-refractivity contribution in [3.05, 3.63) is 17.7 Å². The van der Waals surface area contributed by atoms with Gasteiger partial charge in [-0.3, -0.25) is 0 Å². The molecule has 6 nitrogen and oxygen atoms in total. The Morgan fingerprint density at radius 1 is 1.26 bits per heavy atom. The summed E-state index contributed by atoms with van der Waals surface area (Å²) in [6.45, 7) is 4.65. The zero-order valence-corrected chi connectivity index (χ0v) is 15.5. The van der Waals surface area contributed by atoms with E-state index in [-0.39, 0.29) is 29.3 Å². The second kappa shape index (κ2) is 7.70. The van der Waals surface area contributed by atoms with Crippen molar-refractivity contribution in [3.63, 3.8) is 0 Å². The number of nitrogens with two attached hydrogens (primary N) is 1. The maximum atomic E-state index is 12.9. The molecule has 2 atom stereocenters. The minimum atomic E-state index is -3.55. The van der Waals surface area contributed by atoms with Gasteiger partial charge in [-0.15, -0.1) is 12.4 Å². The van der Waals surface area contributed by atoms with Gasteiger partial charge in [0.1, 0.15) is 0 Å². The molecule has 1 fully saturated rings. The molecule has 0 bridgehead atoms. The van der Waals surface area contributed by atoms with Crippen LogP contribution in [0.2, 0.25) is 0 Å². The van der Waals surface area contributed by atoms with E-state index in [0.717, 1.165) is 6.42 Å². The molecule has 1 aromatic rings. The molecule has 0 amide bonds. The summed E-state index contributed by atoms with van der Waals surface area (Å²) in [7, 11) is -0.533. The van der Waals surface area contributed by atoms with Crippen LogP contribution in [0.1, 0.15) is 18.9 Å². The Balaban J connectivity index is 0.00000264. The second-order valence-corrected chi connectivity index (χ2v) is 7.65. The standard InChI is InChI=1S/C15H24N2O4S.ClH/c1-10-7-13(20-3)14(21-4)8-15(10)22(18,19)17-6-5-12(9-17)11(2)16;/h7-8,11-12H,5-6,9,16H2,1-4H3;1H. The highest BCUT2D eigenvalue weighted by molar-refractivity contribution is 7.89. The Bertz CT molecular complexity index is 649. The third kappa shape index (κ3) is 3.91. The molecule has 8 heteroatoms. The van der Waals surface area contributed by atoms with Crippen LogP contribution < -0.4 is 15.2 Å². The summed E-state index contributed by atoms with van der Waals surface area (Å²) in [5.41, 5.74) is 6.54. The fraction of sp³-hybridized carbons (Fsp3) is 0.600. The number of halogens is 1. The fourth-order valence-electron chi connectivity index (χ4n) is 2.78. The monoisotopic (exact) mass is 364 g/mol. The first-order valence-electron chi connectivity index (χ1n) is 7.29. The molecule has 1 saturated heterocycles. The molecule has 0 radical (unpaired) electrons. The molecular formula is C15H25ClN2O4S. The summed E-state index contributed by atoms with van der Waals surface area (Å²) in [4.78, 5) is 0.260. The third-order valence-electron chi connectivity index (χ3n) is 4.23. The Morgan fingerprint density at radius 2 is 1.83 bits per heavy atom. The van der Waals surface area contributed by atoms with E-state index in [1.54, 1.807) is 13.0 Å². The van der Waals surface area contributed by atoms with Crippen LogP contribution >= 0.6 is 12.4 Å². The quantitative estimate of drug-likeness (QED) is 0.861. The van der Waals surface area contributed by atoms with E-state index in [9.17, 15) is 8.42 Å². The average Bonchev–Trinajstić information content (AvgIpc) is 2.97. The van der Waals surface area contributed by atoms with Gasteiger partial charge in [-0.2, -0.15) is 4.31 Å². The predicted molar refractivity (Wildman–Crippen MR) is 92.0 cm³/mol. The van der Waals surface area contributed by atoms with Gasteiger partial charge in [0, 0.05) is 25.2 Å². The minimum Gasteiger partial charge on any atom is -0.493 e. The van der Waals surface area contributed by atoms with Gasteiger partial charge in [-0.25, -0.2) is 8.42 Å². The zero-order valence-electron chi connectivity index (χ0n) is 13.9. The summed E-state index contributed by atoms with van der Waals surface area (Å²) in [5, 5.41) is 0. The number of hydrogen-bond donors (Lipinski definition) is 1. The maximum absolute atomic E-state index is 12.9. The lowest BCUT2D eigenvalue weighted by Crippen LogP contribution is -2.33. The van der Waals surface area contributed by atoms with Crippen molar-refractivity contribution in [1.82, 2.24) is 4.31 Å². The number of nitrogens with zero attached hydrogens (tertiary/aromatic N) is 1. The lowest BCUT2D eigenvalue weighted by molar-refractivity contribution is 0.353. The first-order valence-corrected chi connectivity index (χ1v) is 8.73.